The predicted molar refractivity (Wildman–Crippen MR) is 46.9 cm³/mol. The summed E-state index contributed by atoms with van der Waals surface area (Å²) in [7, 11) is 0. The van der Waals surface area contributed by atoms with Crippen LogP contribution in [0, 0.1) is 0 Å². The van der Waals surface area contributed by atoms with Crippen molar-refractivity contribution in [2.24, 2.45) is 0 Å². The van der Waals surface area contributed by atoms with Gasteiger partial charge in [-0.3, -0.25) is 9.59 Å². The van der Waals surface area contributed by atoms with Crippen LogP contribution >= 0.6 is 15.9 Å². The van der Waals surface area contributed by atoms with Crippen molar-refractivity contribution in [2.75, 3.05) is 0 Å². The second-order valence-electron chi connectivity index (χ2n) is 2.17. The van der Waals surface area contributed by atoms with Crippen molar-refractivity contribution >= 4 is 39.4 Å². The fourth-order valence-electron chi connectivity index (χ4n) is 0.488. The summed E-state index contributed by atoms with van der Waals surface area (Å²) in [6.45, 7) is 0. The van der Waals surface area contributed by atoms with Crippen molar-refractivity contribution in [3.05, 3.63) is 10.6 Å². The minimum absolute atomic E-state index is 0.430. The fraction of sp³-hybridized carbons (Fsp3) is 0.143. The summed E-state index contributed by atoms with van der Waals surface area (Å²) in [5, 5.41) is 16.4. The minimum atomic E-state index is -1.72. The minimum Gasteiger partial charge on any atom is -0.477 e. The third-order valence-electron chi connectivity index (χ3n) is 1.07. The number of halogens is 1. The number of hydrogen-bond donors (Lipinski definition) is 2. The summed E-state index contributed by atoms with van der Waals surface area (Å²) >= 11 is 2.55. The van der Waals surface area contributed by atoms with Crippen LogP contribution in [0.3, 0.4) is 0 Å². The maximum Gasteiger partial charge on any atom is 0.372 e. The first-order chi connectivity index (χ1) is 6.34. The Kier molecular flexibility index (Phi) is 4.71. The highest BCUT2D eigenvalue weighted by atomic mass is 79.9. The number of ketones is 2. The Balaban J connectivity index is 4.39. The van der Waals surface area contributed by atoms with Gasteiger partial charge in [0.2, 0.25) is 5.78 Å². The molecule has 0 aliphatic heterocycles. The molecule has 0 fully saturated rings. The van der Waals surface area contributed by atoms with Crippen molar-refractivity contribution in [3.63, 3.8) is 0 Å². The first-order valence-corrected chi connectivity index (χ1v) is 4.03. The van der Waals surface area contributed by atoms with Gasteiger partial charge in [0.05, 0.1) is 6.42 Å². The first kappa shape index (κ1) is 12.5. The molecule has 0 rings (SSSR count). The van der Waals surface area contributed by atoms with E-state index in [0.29, 0.717) is 6.08 Å². The zero-order valence-electron chi connectivity index (χ0n) is 6.69. The van der Waals surface area contributed by atoms with Gasteiger partial charge in [0.25, 0.3) is 0 Å². The molecule has 0 heterocycles. The zero-order valence-corrected chi connectivity index (χ0v) is 8.28. The Morgan fingerprint density at radius 1 is 1.07 bits per heavy atom. The molecule has 7 heteroatoms. The van der Waals surface area contributed by atoms with Gasteiger partial charge in [-0.25, -0.2) is 9.59 Å². The van der Waals surface area contributed by atoms with Crippen LogP contribution in [0.2, 0.25) is 0 Å². The van der Waals surface area contributed by atoms with Gasteiger partial charge in [0.1, 0.15) is 4.48 Å². The van der Waals surface area contributed by atoms with Gasteiger partial charge in [0.15, 0.2) is 5.78 Å². The van der Waals surface area contributed by atoms with Crippen LogP contribution in [0.5, 0.6) is 0 Å². The molecule has 0 aliphatic carbocycles. The van der Waals surface area contributed by atoms with E-state index in [0.717, 1.165) is 0 Å². The molecule has 0 atom stereocenters. The van der Waals surface area contributed by atoms with Gasteiger partial charge in [-0.1, -0.05) is 0 Å². The van der Waals surface area contributed by atoms with Gasteiger partial charge in [-0.15, -0.1) is 0 Å². The lowest BCUT2D eigenvalue weighted by atomic mass is 10.2. The second-order valence-corrected chi connectivity index (χ2v) is 3.02. The lowest BCUT2D eigenvalue weighted by Crippen LogP contribution is -2.16. The number of Topliss-reactive ketones (excluding diaryl/α,β-unsaturated/α-hetero) is 1. The largest absolute Gasteiger partial charge is 0.477 e. The molecule has 76 valence electrons. The van der Waals surface area contributed by atoms with E-state index in [1.807, 2.05) is 0 Å². The SMILES string of the molecule is O=C(/C=C(/Br)C(=O)O)CC(=O)C(=O)O. The average Bonchev–Trinajstić information content (AvgIpc) is 2.03. The quantitative estimate of drug-likeness (QED) is 0.410. The Morgan fingerprint density at radius 3 is 1.93 bits per heavy atom. The number of hydrogen-bond acceptors (Lipinski definition) is 4. The molecular weight excluding hydrogens is 260 g/mol. The molecule has 0 saturated carbocycles. The number of carboxylic acids is 2. The number of rotatable bonds is 5. The standard InChI is InChI=1S/C7H5BrO6/c8-4(6(11)12)1-3(9)2-5(10)7(13)14/h1H,2H2,(H,11,12)(H,13,14)/b4-1+. The van der Waals surface area contributed by atoms with E-state index in [-0.39, 0.29) is 0 Å². The Bertz CT molecular complexity index is 329. The normalized spacial score (nSPS) is 10.8. The monoisotopic (exact) mass is 264 g/mol. The van der Waals surface area contributed by atoms with E-state index in [1.165, 1.54) is 0 Å². The van der Waals surface area contributed by atoms with E-state index in [2.05, 4.69) is 15.9 Å². The third kappa shape index (κ3) is 4.51. The first-order valence-electron chi connectivity index (χ1n) is 3.24. The van der Waals surface area contributed by atoms with E-state index in [4.69, 9.17) is 10.2 Å². The number of aliphatic carboxylic acids is 2. The summed E-state index contributed by atoms with van der Waals surface area (Å²) in [5.41, 5.74) is 0. The van der Waals surface area contributed by atoms with Crippen LogP contribution in [0.15, 0.2) is 10.6 Å². The van der Waals surface area contributed by atoms with Gasteiger partial charge >= 0.3 is 11.9 Å². The van der Waals surface area contributed by atoms with E-state index in [1.54, 1.807) is 0 Å². The topological polar surface area (TPSA) is 109 Å². The molecule has 14 heavy (non-hydrogen) atoms. The van der Waals surface area contributed by atoms with Crippen molar-refractivity contribution in [1.29, 1.82) is 0 Å². The molecule has 0 radical (unpaired) electrons. The molecule has 0 aliphatic rings. The summed E-state index contributed by atoms with van der Waals surface area (Å²) < 4.78 is -0.430. The van der Waals surface area contributed by atoms with E-state index in [9.17, 15) is 19.2 Å². The van der Waals surface area contributed by atoms with E-state index < -0.39 is 34.4 Å². The molecule has 2 N–H and O–H groups in total. The Morgan fingerprint density at radius 2 is 1.57 bits per heavy atom. The highest BCUT2D eigenvalue weighted by Gasteiger charge is 2.16. The van der Waals surface area contributed by atoms with Crippen LogP contribution in [-0.4, -0.2) is 33.7 Å². The summed E-state index contributed by atoms with van der Waals surface area (Å²) in [6, 6.07) is 0. The van der Waals surface area contributed by atoms with E-state index >= 15 is 0 Å². The van der Waals surface area contributed by atoms with Crippen LogP contribution < -0.4 is 0 Å². The lowest BCUT2D eigenvalue weighted by Gasteiger charge is -1.91. The van der Waals surface area contributed by atoms with Gasteiger partial charge < -0.3 is 10.2 Å². The predicted octanol–water partition coefficient (Wildman–Crippen LogP) is -0.0373. The highest BCUT2D eigenvalue weighted by Crippen LogP contribution is 2.05. The Hall–Kier alpha value is -1.50. The average molecular weight is 265 g/mol. The zero-order chi connectivity index (χ0) is 11.3. The second kappa shape index (κ2) is 5.28. The molecular formula is C7H5BrO6. The van der Waals surface area contributed by atoms with Gasteiger partial charge in [0, 0.05) is 6.08 Å². The number of allylic oxidation sites excluding steroid dienone is 1. The van der Waals surface area contributed by atoms with Crippen LogP contribution in [-0.2, 0) is 19.2 Å². The van der Waals surface area contributed by atoms with Crippen molar-refractivity contribution < 1.29 is 29.4 Å². The summed E-state index contributed by atoms with van der Waals surface area (Å²) in [4.78, 5) is 41.5. The maximum absolute atomic E-state index is 10.8. The summed E-state index contributed by atoms with van der Waals surface area (Å²) in [6.07, 6.45) is -0.207. The highest BCUT2D eigenvalue weighted by molar-refractivity contribution is 9.12. The molecule has 0 amide bonds. The number of carboxylic acid groups (broad SMARTS) is 2. The van der Waals surface area contributed by atoms with Crippen LogP contribution in [0.25, 0.3) is 0 Å². The molecule has 0 aromatic carbocycles. The molecule has 0 aromatic rings. The van der Waals surface area contributed by atoms with Crippen LogP contribution in [0.1, 0.15) is 6.42 Å². The van der Waals surface area contributed by atoms with Crippen molar-refractivity contribution in [3.8, 4) is 0 Å². The van der Waals surface area contributed by atoms with Gasteiger partial charge in [-0.05, 0) is 15.9 Å². The number of carbonyl (C=O) groups excluding carboxylic acids is 2. The molecule has 6 nitrogen and oxygen atoms in total. The molecule has 0 unspecified atom stereocenters. The third-order valence-corrected chi connectivity index (χ3v) is 1.63. The molecule has 0 aromatic heterocycles. The van der Waals surface area contributed by atoms with Gasteiger partial charge in [-0.2, -0.15) is 0 Å². The molecule has 0 spiro atoms. The Labute approximate surface area is 86.3 Å². The molecule has 0 saturated heterocycles. The smallest absolute Gasteiger partial charge is 0.372 e. The van der Waals surface area contributed by atoms with Crippen molar-refractivity contribution in [2.45, 2.75) is 6.42 Å². The lowest BCUT2D eigenvalue weighted by molar-refractivity contribution is -0.149. The number of carbonyl (C=O) groups is 4. The van der Waals surface area contributed by atoms with Crippen molar-refractivity contribution in [1.82, 2.24) is 0 Å². The maximum atomic E-state index is 10.8. The fourth-order valence-corrected chi connectivity index (χ4v) is 0.743. The van der Waals surface area contributed by atoms with Crippen LogP contribution in [0.4, 0.5) is 0 Å². The summed E-state index contributed by atoms with van der Waals surface area (Å²) in [5.74, 6) is -5.26. The molecule has 0 bridgehead atoms.